The van der Waals surface area contributed by atoms with Crippen LogP contribution in [-0.4, -0.2) is 18.7 Å². The molecule has 0 radical (unpaired) electrons. The first-order valence-corrected chi connectivity index (χ1v) is 5.98. The summed E-state index contributed by atoms with van der Waals surface area (Å²) < 4.78 is 18.9. The lowest BCUT2D eigenvalue weighted by atomic mass is 10.1. The average Bonchev–Trinajstić information content (AvgIpc) is 2.63. The maximum Gasteiger partial charge on any atom is 0.342 e. The number of carbonyl (C=O) groups excluding carboxylic acids is 1. The van der Waals surface area contributed by atoms with Crippen molar-refractivity contribution in [1.29, 1.82) is 0 Å². The molecule has 0 aliphatic heterocycles. The van der Waals surface area contributed by atoms with Crippen LogP contribution in [0.15, 0.2) is 15.9 Å². The molecule has 16 heavy (non-hydrogen) atoms. The van der Waals surface area contributed by atoms with Gasteiger partial charge in [-0.3, -0.25) is 0 Å². The summed E-state index contributed by atoms with van der Waals surface area (Å²) in [5.74, 6) is -0.908. The second-order valence-electron chi connectivity index (χ2n) is 2.82. The molecule has 1 heterocycles. The van der Waals surface area contributed by atoms with Gasteiger partial charge in [-0.1, -0.05) is 0 Å². The number of esters is 1. The van der Waals surface area contributed by atoms with Gasteiger partial charge >= 0.3 is 5.97 Å². The fraction of sp³-hybridized carbons (Fsp3) is 0.444. The molecular weight excluding hydrogens is 321 g/mol. The van der Waals surface area contributed by atoms with Crippen LogP contribution in [0.25, 0.3) is 0 Å². The Morgan fingerprint density at radius 3 is 2.75 bits per heavy atom. The molecule has 92 valence electrons. The Bertz CT molecular complexity index is 350. The van der Waals surface area contributed by atoms with Gasteiger partial charge in [0.15, 0.2) is 0 Å². The van der Waals surface area contributed by atoms with E-state index in [9.17, 15) is 9.18 Å². The van der Waals surface area contributed by atoms with Crippen molar-refractivity contribution in [3.05, 3.63) is 20.8 Å². The van der Waals surface area contributed by atoms with Crippen molar-refractivity contribution < 1.29 is 13.9 Å². The van der Waals surface area contributed by atoms with E-state index in [-0.39, 0.29) is 19.0 Å². The highest BCUT2D eigenvalue weighted by Gasteiger charge is 2.28. The van der Waals surface area contributed by atoms with Gasteiger partial charge < -0.3 is 10.5 Å². The van der Waals surface area contributed by atoms with Crippen molar-refractivity contribution in [2.75, 3.05) is 6.61 Å². The highest BCUT2D eigenvalue weighted by molar-refractivity contribution is 9.11. The molecule has 1 aromatic rings. The average molecular weight is 333 g/mol. The number of carbonyl (C=O) groups is 1. The molecule has 0 saturated heterocycles. The molecule has 7 heteroatoms. The van der Waals surface area contributed by atoms with Crippen molar-refractivity contribution in [2.45, 2.75) is 19.1 Å². The second-order valence-corrected chi connectivity index (χ2v) is 5.32. The Kier molecular flexibility index (Phi) is 7.14. The van der Waals surface area contributed by atoms with Crippen molar-refractivity contribution >= 4 is 45.6 Å². The smallest absolute Gasteiger partial charge is 0.342 e. The van der Waals surface area contributed by atoms with E-state index in [0.29, 0.717) is 4.88 Å². The quantitative estimate of drug-likeness (QED) is 0.863. The van der Waals surface area contributed by atoms with Crippen molar-refractivity contribution in [2.24, 2.45) is 5.73 Å². The zero-order valence-corrected chi connectivity index (χ0v) is 11.7. The summed E-state index contributed by atoms with van der Waals surface area (Å²) in [5.41, 5.74) is 5.60. The number of ether oxygens (including phenoxy) is 1. The first-order chi connectivity index (χ1) is 7.06. The summed E-state index contributed by atoms with van der Waals surface area (Å²) in [4.78, 5) is 11.7. The molecule has 0 spiro atoms. The number of hydrogen-bond donors (Lipinski definition) is 1. The van der Waals surface area contributed by atoms with Gasteiger partial charge in [0.1, 0.15) is 0 Å². The number of alkyl halides is 1. The molecule has 0 fully saturated rings. The van der Waals surface area contributed by atoms with Gasteiger partial charge in [0.25, 0.3) is 0 Å². The minimum absolute atomic E-state index is 0. The Morgan fingerprint density at radius 2 is 2.31 bits per heavy atom. The van der Waals surface area contributed by atoms with E-state index in [1.165, 1.54) is 11.3 Å². The SMILES string of the molecule is CCOC(=O)C(F)[C@H](N)c1ccc(Br)s1.Cl. The van der Waals surface area contributed by atoms with Crippen LogP contribution >= 0.6 is 39.7 Å². The van der Waals surface area contributed by atoms with Gasteiger partial charge in [0.05, 0.1) is 16.4 Å². The van der Waals surface area contributed by atoms with Crippen LogP contribution in [-0.2, 0) is 9.53 Å². The Hall–Kier alpha value is -0.170. The number of rotatable bonds is 4. The van der Waals surface area contributed by atoms with E-state index >= 15 is 0 Å². The number of hydrogen-bond acceptors (Lipinski definition) is 4. The largest absolute Gasteiger partial charge is 0.464 e. The highest BCUT2D eigenvalue weighted by atomic mass is 79.9. The Labute approximate surface area is 112 Å². The summed E-state index contributed by atoms with van der Waals surface area (Å²) in [6, 6.07) is 2.49. The van der Waals surface area contributed by atoms with Crippen LogP contribution < -0.4 is 5.73 Å². The zero-order valence-electron chi connectivity index (χ0n) is 8.48. The molecule has 1 aromatic heterocycles. The maximum absolute atomic E-state index is 13.5. The number of nitrogens with two attached hydrogens (primary N) is 1. The number of thiophene rings is 1. The lowest BCUT2D eigenvalue weighted by Crippen LogP contribution is -2.30. The topological polar surface area (TPSA) is 52.3 Å². The van der Waals surface area contributed by atoms with E-state index in [1.54, 1.807) is 19.1 Å². The van der Waals surface area contributed by atoms with Gasteiger partial charge in [-0.25, -0.2) is 9.18 Å². The summed E-state index contributed by atoms with van der Waals surface area (Å²) in [5, 5.41) is 0. The third-order valence-electron chi connectivity index (χ3n) is 1.75. The van der Waals surface area contributed by atoms with E-state index in [2.05, 4.69) is 20.7 Å². The minimum Gasteiger partial charge on any atom is -0.464 e. The standard InChI is InChI=1S/C9H11BrFNO2S.ClH/c1-2-14-9(13)7(11)8(12)5-3-4-6(10)15-5;/h3-4,7-8H,2,12H2,1H3;1H/t7?,8-;/m1./s1. The lowest BCUT2D eigenvalue weighted by Gasteiger charge is -2.13. The lowest BCUT2D eigenvalue weighted by molar-refractivity contribution is -0.149. The molecule has 0 aromatic carbocycles. The van der Waals surface area contributed by atoms with Crippen molar-refractivity contribution in [1.82, 2.24) is 0 Å². The summed E-state index contributed by atoms with van der Waals surface area (Å²) >= 11 is 4.55. The maximum atomic E-state index is 13.5. The summed E-state index contributed by atoms with van der Waals surface area (Å²) in [7, 11) is 0. The molecule has 1 rings (SSSR count). The molecular formula is C9H12BrClFNO2S. The third kappa shape index (κ3) is 4.01. The van der Waals surface area contributed by atoms with Crippen LogP contribution in [0.2, 0.25) is 0 Å². The molecule has 2 N–H and O–H groups in total. The first kappa shape index (κ1) is 15.8. The Morgan fingerprint density at radius 1 is 1.69 bits per heavy atom. The summed E-state index contributed by atoms with van der Waals surface area (Å²) in [6.45, 7) is 1.78. The van der Waals surface area contributed by atoms with Crippen LogP contribution in [0.3, 0.4) is 0 Å². The third-order valence-corrected chi connectivity index (χ3v) is 3.47. The van der Waals surface area contributed by atoms with Crippen molar-refractivity contribution in [3.8, 4) is 0 Å². The van der Waals surface area contributed by atoms with Gasteiger partial charge in [-0.2, -0.15) is 0 Å². The van der Waals surface area contributed by atoms with Gasteiger partial charge in [0, 0.05) is 4.88 Å². The fourth-order valence-corrected chi connectivity index (χ4v) is 2.47. The molecule has 2 atom stereocenters. The monoisotopic (exact) mass is 331 g/mol. The van der Waals surface area contributed by atoms with E-state index in [4.69, 9.17) is 5.73 Å². The van der Waals surface area contributed by atoms with Crippen LogP contribution in [0.4, 0.5) is 4.39 Å². The normalized spacial score (nSPS) is 13.8. The molecule has 0 amide bonds. The molecule has 0 bridgehead atoms. The highest BCUT2D eigenvalue weighted by Crippen LogP contribution is 2.28. The molecule has 0 aliphatic carbocycles. The predicted molar refractivity (Wildman–Crippen MR) is 67.7 cm³/mol. The summed E-state index contributed by atoms with van der Waals surface area (Å²) in [6.07, 6.45) is -1.81. The van der Waals surface area contributed by atoms with Crippen molar-refractivity contribution in [3.63, 3.8) is 0 Å². The first-order valence-electron chi connectivity index (χ1n) is 4.37. The molecule has 1 unspecified atom stereocenters. The molecule has 3 nitrogen and oxygen atoms in total. The Balaban J connectivity index is 0.00000225. The minimum atomic E-state index is -1.81. The van der Waals surface area contributed by atoms with Gasteiger partial charge in [-0.05, 0) is 35.0 Å². The number of halogens is 3. The van der Waals surface area contributed by atoms with Gasteiger partial charge in [0.2, 0.25) is 6.17 Å². The second kappa shape index (κ2) is 7.21. The van der Waals surface area contributed by atoms with Gasteiger partial charge in [-0.15, -0.1) is 23.7 Å². The fourth-order valence-electron chi connectivity index (χ4n) is 1.02. The van der Waals surface area contributed by atoms with E-state index in [1.807, 2.05) is 0 Å². The van der Waals surface area contributed by atoms with E-state index < -0.39 is 18.2 Å². The predicted octanol–water partition coefficient (Wildman–Crippen LogP) is 2.83. The van der Waals surface area contributed by atoms with Crippen LogP contribution in [0.5, 0.6) is 0 Å². The van der Waals surface area contributed by atoms with Crippen LogP contribution in [0, 0.1) is 0 Å². The zero-order chi connectivity index (χ0) is 11.4. The molecule has 0 aliphatic rings. The van der Waals surface area contributed by atoms with E-state index in [0.717, 1.165) is 3.79 Å². The van der Waals surface area contributed by atoms with Crippen LogP contribution in [0.1, 0.15) is 17.8 Å². The molecule has 0 saturated carbocycles.